The highest BCUT2D eigenvalue weighted by atomic mass is 15.2. The lowest BCUT2D eigenvalue weighted by atomic mass is 9.33. The maximum atomic E-state index is 2.58. The van der Waals surface area contributed by atoms with Crippen molar-refractivity contribution >= 4 is 95.3 Å². The summed E-state index contributed by atoms with van der Waals surface area (Å²) in [6.45, 7) is 4.83. The van der Waals surface area contributed by atoms with Gasteiger partial charge in [0.2, 0.25) is 0 Å². The molecular formula is C51H34BN3. The molecule has 1 aliphatic carbocycles. The lowest BCUT2D eigenvalue weighted by molar-refractivity contribution is 0.661. The van der Waals surface area contributed by atoms with Crippen molar-refractivity contribution < 1.29 is 0 Å². The summed E-state index contributed by atoms with van der Waals surface area (Å²) < 4.78 is 2.57. The van der Waals surface area contributed by atoms with Crippen molar-refractivity contribution in [2.45, 2.75) is 19.3 Å². The van der Waals surface area contributed by atoms with Crippen LogP contribution in [0.25, 0.3) is 49.2 Å². The Balaban J connectivity index is 1.21. The van der Waals surface area contributed by atoms with Crippen LogP contribution >= 0.6 is 0 Å². The summed E-state index contributed by atoms with van der Waals surface area (Å²) in [6.07, 6.45) is 0. The highest BCUT2D eigenvalue weighted by molar-refractivity contribution is 7.00. The first-order valence-corrected chi connectivity index (χ1v) is 19.4. The van der Waals surface area contributed by atoms with Crippen molar-refractivity contribution in [2.75, 3.05) is 9.80 Å². The third kappa shape index (κ3) is 3.58. The van der Waals surface area contributed by atoms with E-state index in [1.165, 1.54) is 105 Å². The summed E-state index contributed by atoms with van der Waals surface area (Å²) in [5, 5.41) is 5.20. The van der Waals surface area contributed by atoms with Crippen LogP contribution in [0.2, 0.25) is 0 Å². The molecule has 0 atom stereocenters. The van der Waals surface area contributed by atoms with Crippen molar-refractivity contribution in [1.29, 1.82) is 0 Å². The van der Waals surface area contributed by atoms with Crippen molar-refractivity contribution in [2.24, 2.45) is 0 Å². The Labute approximate surface area is 319 Å². The van der Waals surface area contributed by atoms with E-state index in [9.17, 15) is 0 Å². The van der Waals surface area contributed by atoms with Gasteiger partial charge in [0, 0.05) is 55.4 Å². The third-order valence-electron chi connectivity index (χ3n) is 13.1. The summed E-state index contributed by atoms with van der Waals surface area (Å²) >= 11 is 0. The molecule has 0 bridgehead atoms. The predicted octanol–water partition coefficient (Wildman–Crippen LogP) is 11.2. The highest BCUT2D eigenvalue weighted by Crippen LogP contribution is 2.53. The van der Waals surface area contributed by atoms with Gasteiger partial charge in [0.05, 0.1) is 22.2 Å². The summed E-state index contributed by atoms with van der Waals surface area (Å²) in [5.41, 5.74) is 20.5. The van der Waals surface area contributed by atoms with Crippen molar-refractivity contribution in [3.8, 4) is 11.1 Å². The predicted molar refractivity (Wildman–Crippen MR) is 233 cm³/mol. The van der Waals surface area contributed by atoms with E-state index in [2.05, 4.69) is 198 Å². The van der Waals surface area contributed by atoms with Gasteiger partial charge in [-0.2, -0.15) is 0 Å². The fourth-order valence-electron chi connectivity index (χ4n) is 10.8. The van der Waals surface area contributed by atoms with Crippen molar-refractivity contribution in [3.05, 3.63) is 181 Å². The minimum Gasteiger partial charge on any atom is -0.311 e. The van der Waals surface area contributed by atoms with E-state index in [1.54, 1.807) is 0 Å². The largest absolute Gasteiger partial charge is 0.311 e. The number of nitrogens with zero attached hydrogens (tertiary/aromatic N) is 3. The van der Waals surface area contributed by atoms with Crippen LogP contribution in [0.15, 0.2) is 170 Å². The lowest BCUT2D eigenvalue weighted by Crippen LogP contribution is -2.61. The van der Waals surface area contributed by atoms with Crippen molar-refractivity contribution in [1.82, 2.24) is 4.40 Å². The molecule has 55 heavy (non-hydrogen) atoms. The van der Waals surface area contributed by atoms with E-state index in [0.717, 1.165) is 5.69 Å². The SMILES string of the molecule is CC1(C)c2ccccc2-c2cc3c(cc21)B1c2ccc4c5cccc6c7ccccc7n(c4c2N(c2ccccc2)c2cccc(c21)N3c1ccccc1)c65. The number of fused-ring (bicyclic) bond motifs is 14. The molecule has 0 radical (unpaired) electrons. The second kappa shape index (κ2) is 10.2. The number of rotatable bonds is 2. The maximum absolute atomic E-state index is 2.58. The van der Waals surface area contributed by atoms with Gasteiger partial charge in [-0.15, -0.1) is 0 Å². The smallest absolute Gasteiger partial charge is 0.252 e. The minimum atomic E-state index is -0.124. The molecule has 8 aromatic carbocycles. The molecule has 3 aliphatic rings. The van der Waals surface area contributed by atoms with Crippen molar-refractivity contribution in [3.63, 3.8) is 0 Å². The monoisotopic (exact) mass is 699 g/mol. The Kier molecular flexibility index (Phi) is 5.53. The lowest BCUT2D eigenvalue weighted by Gasteiger charge is -2.44. The quantitative estimate of drug-likeness (QED) is 0.166. The fourth-order valence-corrected chi connectivity index (χ4v) is 10.8. The molecule has 0 fully saturated rings. The van der Waals surface area contributed by atoms with Gasteiger partial charge in [0.1, 0.15) is 0 Å². The molecule has 0 amide bonds. The van der Waals surface area contributed by atoms with Gasteiger partial charge in [-0.1, -0.05) is 135 Å². The van der Waals surface area contributed by atoms with E-state index < -0.39 is 0 Å². The van der Waals surface area contributed by atoms with E-state index in [0.29, 0.717) is 0 Å². The maximum Gasteiger partial charge on any atom is 0.252 e. The van der Waals surface area contributed by atoms with Gasteiger partial charge < -0.3 is 14.2 Å². The summed E-state index contributed by atoms with van der Waals surface area (Å²) in [4.78, 5) is 5.09. The zero-order valence-corrected chi connectivity index (χ0v) is 30.6. The normalized spacial score (nSPS) is 14.8. The minimum absolute atomic E-state index is 0.0206. The van der Waals surface area contributed by atoms with Gasteiger partial charge >= 0.3 is 0 Å². The van der Waals surface area contributed by atoms with Gasteiger partial charge in [-0.05, 0) is 87.2 Å². The number of hydrogen-bond acceptors (Lipinski definition) is 2. The topological polar surface area (TPSA) is 10.9 Å². The molecule has 0 spiro atoms. The molecule has 13 rings (SSSR count). The molecular weight excluding hydrogens is 665 g/mol. The van der Waals surface area contributed by atoms with Crippen LogP contribution in [0.3, 0.4) is 0 Å². The van der Waals surface area contributed by atoms with Crippen LogP contribution in [0, 0.1) is 0 Å². The summed E-state index contributed by atoms with van der Waals surface area (Å²) in [7, 11) is 0. The zero-order chi connectivity index (χ0) is 36.2. The highest BCUT2D eigenvalue weighted by Gasteiger charge is 2.46. The molecule has 3 nitrogen and oxygen atoms in total. The second-order valence-electron chi connectivity index (χ2n) is 16.1. The number of para-hydroxylation sites is 4. The van der Waals surface area contributed by atoms with Crippen LogP contribution in [0.1, 0.15) is 25.0 Å². The Hall–Kier alpha value is -6.78. The molecule has 0 saturated carbocycles. The second-order valence-corrected chi connectivity index (χ2v) is 16.1. The van der Waals surface area contributed by atoms with E-state index in [1.807, 2.05) is 0 Å². The van der Waals surface area contributed by atoms with E-state index in [4.69, 9.17) is 0 Å². The number of benzene rings is 8. The van der Waals surface area contributed by atoms with Crippen LogP contribution in [-0.2, 0) is 5.41 Å². The Bertz CT molecular complexity index is 3250. The summed E-state index contributed by atoms with van der Waals surface area (Å²) in [6, 6.07) is 63.7. The molecule has 256 valence electrons. The van der Waals surface area contributed by atoms with Gasteiger partial charge in [-0.25, -0.2) is 0 Å². The molecule has 0 N–H and O–H groups in total. The van der Waals surface area contributed by atoms with Crippen LogP contribution < -0.4 is 26.2 Å². The Morgan fingerprint density at radius 1 is 0.436 bits per heavy atom. The number of hydrogen-bond donors (Lipinski definition) is 0. The van der Waals surface area contributed by atoms with E-state index in [-0.39, 0.29) is 12.1 Å². The standard InChI is InChI=1S/C51H34BN3/c1-51(2)39-23-11-9-19-33(39)38-29-46-42(30-40(38)51)52-41-28-27-37-36-22-13-21-35-34-20-10-12-24-43(34)55(48(35)36)49(37)50(41)54(32-17-7-4-8-18-32)45-26-14-25-44(47(45)52)53(46)31-15-5-3-6-16-31/h3-30H,1-2H3. The first-order valence-electron chi connectivity index (χ1n) is 19.4. The van der Waals surface area contributed by atoms with Crippen LogP contribution in [0.4, 0.5) is 34.1 Å². The van der Waals surface area contributed by atoms with Gasteiger partial charge in [0.25, 0.3) is 6.71 Å². The molecule has 2 aromatic heterocycles. The summed E-state index contributed by atoms with van der Waals surface area (Å²) in [5.74, 6) is 0. The molecule has 10 aromatic rings. The molecule has 4 heterocycles. The van der Waals surface area contributed by atoms with Crippen LogP contribution in [0.5, 0.6) is 0 Å². The first-order chi connectivity index (χ1) is 27.1. The number of aromatic nitrogens is 1. The first kappa shape index (κ1) is 29.7. The average molecular weight is 700 g/mol. The fraction of sp³-hybridized carbons (Fsp3) is 0.0588. The van der Waals surface area contributed by atoms with Gasteiger partial charge in [-0.3, -0.25) is 0 Å². The van der Waals surface area contributed by atoms with Gasteiger partial charge in [0.15, 0.2) is 0 Å². The van der Waals surface area contributed by atoms with Crippen LogP contribution in [-0.4, -0.2) is 11.1 Å². The number of anilines is 6. The van der Waals surface area contributed by atoms with E-state index >= 15 is 0 Å². The zero-order valence-electron chi connectivity index (χ0n) is 30.6. The average Bonchev–Trinajstić information content (AvgIpc) is 3.83. The molecule has 4 heteroatoms. The Morgan fingerprint density at radius 3 is 1.85 bits per heavy atom. The molecule has 0 unspecified atom stereocenters. The molecule has 2 aliphatic heterocycles. The Morgan fingerprint density at radius 2 is 1.05 bits per heavy atom. The molecule has 0 saturated heterocycles. The third-order valence-corrected chi connectivity index (χ3v) is 13.1.